The number of aromatic nitrogens is 1. The largest absolute Gasteiger partial charge is 0.361 e. The van der Waals surface area contributed by atoms with Crippen LogP contribution in [0.1, 0.15) is 24.3 Å². The van der Waals surface area contributed by atoms with E-state index in [1.807, 2.05) is 6.20 Å². The zero-order valence-corrected chi connectivity index (χ0v) is 12.3. The average molecular weight is 293 g/mol. The van der Waals surface area contributed by atoms with E-state index in [0.29, 0.717) is 5.92 Å². The standard InChI is InChI=1S/C14H19N3O2S/c1-17-6-4-10(5-7-17)13-9-16-14-3-2-11(8-12(13)14)20(15,18)19/h2-3,8-10,16H,4-7H2,1H3,(H2,15,18,19). The summed E-state index contributed by atoms with van der Waals surface area (Å²) < 4.78 is 23.0. The number of aromatic amines is 1. The van der Waals surface area contributed by atoms with Crippen LogP contribution in [0, 0.1) is 0 Å². The van der Waals surface area contributed by atoms with Crippen molar-refractivity contribution in [3.05, 3.63) is 30.0 Å². The smallest absolute Gasteiger partial charge is 0.238 e. The second-order valence-corrected chi connectivity index (χ2v) is 7.14. The number of hydrogen-bond acceptors (Lipinski definition) is 3. The van der Waals surface area contributed by atoms with Crippen molar-refractivity contribution in [2.24, 2.45) is 5.14 Å². The highest BCUT2D eigenvalue weighted by atomic mass is 32.2. The highest BCUT2D eigenvalue weighted by molar-refractivity contribution is 7.89. The molecule has 2 aromatic rings. The molecule has 1 aromatic carbocycles. The van der Waals surface area contributed by atoms with Gasteiger partial charge in [0.15, 0.2) is 0 Å². The van der Waals surface area contributed by atoms with Gasteiger partial charge in [0.2, 0.25) is 10.0 Å². The summed E-state index contributed by atoms with van der Waals surface area (Å²) in [6.07, 6.45) is 4.21. The van der Waals surface area contributed by atoms with Crippen molar-refractivity contribution in [2.75, 3.05) is 20.1 Å². The molecule has 1 fully saturated rings. The van der Waals surface area contributed by atoms with Gasteiger partial charge in [-0.25, -0.2) is 13.6 Å². The molecule has 5 nitrogen and oxygen atoms in total. The van der Waals surface area contributed by atoms with Gasteiger partial charge in [-0.15, -0.1) is 0 Å². The molecule has 0 bridgehead atoms. The van der Waals surface area contributed by atoms with Crippen molar-refractivity contribution in [3.63, 3.8) is 0 Å². The van der Waals surface area contributed by atoms with Gasteiger partial charge < -0.3 is 9.88 Å². The SMILES string of the molecule is CN1CCC(c2c[nH]c3ccc(S(N)(=O)=O)cc23)CC1. The minimum Gasteiger partial charge on any atom is -0.361 e. The van der Waals surface area contributed by atoms with E-state index in [2.05, 4.69) is 16.9 Å². The number of H-pyrrole nitrogens is 1. The Hall–Kier alpha value is -1.37. The van der Waals surface area contributed by atoms with Crippen LogP contribution in [0.15, 0.2) is 29.3 Å². The molecule has 6 heteroatoms. The summed E-state index contributed by atoms with van der Waals surface area (Å²) in [7, 11) is -1.52. The number of rotatable bonds is 2. The summed E-state index contributed by atoms with van der Waals surface area (Å²) in [5.74, 6) is 0.482. The van der Waals surface area contributed by atoms with Crippen LogP contribution in [-0.4, -0.2) is 38.4 Å². The summed E-state index contributed by atoms with van der Waals surface area (Å²) in [6.45, 7) is 2.15. The summed E-state index contributed by atoms with van der Waals surface area (Å²) >= 11 is 0. The van der Waals surface area contributed by atoms with Crippen molar-refractivity contribution in [1.29, 1.82) is 0 Å². The normalized spacial score (nSPS) is 18.7. The van der Waals surface area contributed by atoms with E-state index in [-0.39, 0.29) is 4.90 Å². The van der Waals surface area contributed by atoms with Gasteiger partial charge in [-0.1, -0.05) is 0 Å². The van der Waals surface area contributed by atoms with Crippen LogP contribution >= 0.6 is 0 Å². The minimum absolute atomic E-state index is 0.179. The molecule has 20 heavy (non-hydrogen) atoms. The fraction of sp³-hybridized carbons (Fsp3) is 0.429. The van der Waals surface area contributed by atoms with Gasteiger partial charge in [-0.05, 0) is 62.7 Å². The number of nitrogens with two attached hydrogens (primary N) is 1. The lowest BCUT2D eigenvalue weighted by molar-refractivity contribution is 0.256. The van der Waals surface area contributed by atoms with Gasteiger partial charge in [0.1, 0.15) is 0 Å². The van der Waals surface area contributed by atoms with Crippen molar-refractivity contribution in [2.45, 2.75) is 23.7 Å². The maximum absolute atomic E-state index is 11.5. The lowest BCUT2D eigenvalue weighted by atomic mass is 9.89. The van der Waals surface area contributed by atoms with E-state index in [9.17, 15) is 8.42 Å². The molecule has 0 radical (unpaired) electrons. The molecule has 0 spiro atoms. The summed E-state index contributed by atoms with van der Waals surface area (Å²) in [5.41, 5.74) is 2.17. The summed E-state index contributed by atoms with van der Waals surface area (Å²) in [6, 6.07) is 5.02. The van der Waals surface area contributed by atoms with E-state index in [1.165, 1.54) is 5.56 Å². The third-order valence-electron chi connectivity index (χ3n) is 4.17. The van der Waals surface area contributed by atoms with E-state index in [1.54, 1.807) is 18.2 Å². The highest BCUT2D eigenvalue weighted by Gasteiger charge is 2.21. The van der Waals surface area contributed by atoms with E-state index < -0.39 is 10.0 Å². The molecule has 0 aliphatic carbocycles. The highest BCUT2D eigenvalue weighted by Crippen LogP contribution is 2.33. The number of nitrogens with zero attached hydrogens (tertiary/aromatic N) is 1. The molecule has 0 atom stereocenters. The van der Waals surface area contributed by atoms with Crippen LogP contribution in [0.2, 0.25) is 0 Å². The zero-order chi connectivity index (χ0) is 14.3. The lowest BCUT2D eigenvalue weighted by Gasteiger charge is -2.28. The van der Waals surface area contributed by atoms with Gasteiger partial charge in [-0.2, -0.15) is 0 Å². The fourth-order valence-corrected chi connectivity index (χ4v) is 3.50. The number of nitrogens with one attached hydrogen (secondary N) is 1. The van der Waals surface area contributed by atoms with Crippen LogP contribution < -0.4 is 5.14 Å². The molecule has 1 aromatic heterocycles. The lowest BCUT2D eigenvalue weighted by Crippen LogP contribution is -2.29. The summed E-state index contributed by atoms with van der Waals surface area (Å²) in [4.78, 5) is 5.73. The van der Waals surface area contributed by atoms with Crippen LogP contribution in [0.4, 0.5) is 0 Å². The molecular formula is C14H19N3O2S. The Morgan fingerprint density at radius 2 is 2.00 bits per heavy atom. The Kier molecular flexibility index (Phi) is 3.32. The third-order valence-corrected chi connectivity index (χ3v) is 5.08. The molecule has 0 saturated carbocycles. The number of piperidine rings is 1. The quantitative estimate of drug-likeness (QED) is 0.883. The molecule has 1 aliphatic heterocycles. The predicted octanol–water partition coefficient (Wildman–Crippen LogP) is 1.62. The Labute approximate surface area is 118 Å². The maximum atomic E-state index is 11.5. The summed E-state index contributed by atoms with van der Waals surface area (Å²) in [5, 5.41) is 6.20. The number of likely N-dealkylation sites (tertiary alicyclic amines) is 1. The first-order valence-corrected chi connectivity index (χ1v) is 8.32. The molecule has 1 aliphatic rings. The number of hydrogen-bond donors (Lipinski definition) is 2. The van der Waals surface area contributed by atoms with E-state index in [4.69, 9.17) is 5.14 Å². The molecule has 108 valence electrons. The number of primary sulfonamides is 1. The fourth-order valence-electron chi connectivity index (χ4n) is 2.96. The predicted molar refractivity (Wildman–Crippen MR) is 79.1 cm³/mol. The Bertz CT molecular complexity index is 728. The Balaban J connectivity index is 2.03. The van der Waals surface area contributed by atoms with E-state index in [0.717, 1.165) is 36.8 Å². The van der Waals surface area contributed by atoms with Crippen molar-refractivity contribution >= 4 is 20.9 Å². The van der Waals surface area contributed by atoms with Crippen LogP contribution in [0.5, 0.6) is 0 Å². The van der Waals surface area contributed by atoms with Crippen LogP contribution in [0.25, 0.3) is 10.9 Å². The van der Waals surface area contributed by atoms with Gasteiger partial charge >= 0.3 is 0 Å². The Morgan fingerprint density at radius 1 is 1.30 bits per heavy atom. The second kappa shape index (κ2) is 4.87. The molecule has 3 rings (SSSR count). The first-order chi connectivity index (χ1) is 9.45. The van der Waals surface area contributed by atoms with Gasteiger partial charge in [0, 0.05) is 17.1 Å². The number of benzene rings is 1. The average Bonchev–Trinajstić information content (AvgIpc) is 2.81. The van der Waals surface area contributed by atoms with Crippen molar-refractivity contribution in [3.8, 4) is 0 Å². The molecule has 2 heterocycles. The van der Waals surface area contributed by atoms with Gasteiger partial charge in [0.05, 0.1) is 4.90 Å². The third kappa shape index (κ3) is 2.46. The van der Waals surface area contributed by atoms with Crippen molar-refractivity contribution < 1.29 is 8.42 Å². The zero-order valence-electron chi connectivity index (χ0n) is 11.5. The first kappa shape index (κ1) is 13.6. The topological polar surface area (TPSA) is 79.2 Å². The number of sulfonamides is 1. The van der Waals surface area contributed by atoms with Crippen LogP contribution in [0.3, 0.4) is 0 Å². The van der Waals surface area contributed by atoms with Gasteiger partial charge in [0.25, 0.3) is 0 Å². The Morgan fingerprint density at radius 3 is 2.65 bits per heavy atom. The van der Waals surface area contributed by atoms with Gasteiger partial charge in [-0.3, -0.25) is 0 Å². The van der Waals surface area contributed by atoms with E-state index >= 15 is 0 Å². The monoisotopic (exact) mass is 293 g/mol. The molecular weight excluding hydrogens is 274 g/mol. The van der Waals surface area contributed by atoms with Crippen molar-refractivity contribution in [1.82, 2.24) is 9.88 Å². The second-order valence-electron chi connectivity index (χ2n) is 5.57. The molecule has 1 saturated heterocycles. The maximum Gasteiger partial charge on any atom is 0.238 e. The minimum atomic E-state index is -3.65. The number of fused-ring (bicyclic) bond motifs is 1. The molecule has 0 unspecified atom stereocenters. The molecule has 0 amide bonds. The first-order valence-electron chi connectivity index (χ1n) is 6.77. The molecule has 3 N–H and O–H groups in total. The van der Waals surface area contributed by atoms with Crippen LogP contribution in [-0.2, 0) is 10.0 Å².